The van der Waals surface area contributed by atoms with Crippen molar-refractivity contribution in [1.29, 1.82) is 0 Å². The van der Waals surface area contributed by atoms with Gasteiger partial charge in [0, 0.05) is 30.3 Å². The molecule has 0 aliphatic carbocycles. The van der Waals surface area contributed by atoms with E-state index in [-0.39, 0.29) is 11.6 Å². The number of fused-ring (bicyclic) bond motifs is 1. The van der Waals surface area contributed by atoms with E-state index in [9.17, 15) is 9.59 Å². The largest absolute Gasteiger partial charge is 0.421 e. The number of nitrogens with zero attached hydrogens (tertiary/aromatic N) is 2. The smallest absolute Gasteiger partial charge is 0.362 e. The maximum absolute atomic E-state index is 12.0. The second-order valence-corrected chi connectivity index (χ2v) is 4.89. The van der Waals surface area contributed by atoms with Gasteiger partial charge in [0.05, 0.1) is 11.2 Å². The standard InChI is InChI=1S/C14H10ClN3O3/c1-8(19)17-11-3-2-9-4-12(14(20)21-13(9)5-11)18-7-10(15)6-16-18/h2-7H,1H3,(H,17,19). The summed E-state index contributed by atoms with van der Waals surface area (Å²) in [6.45, 7) is 1.41. The Bertz CT molecular complexity index is 898. The monoisotopic (exact) mass is 303 g/mol. The molecule has 1 aromatic carbocycles. The molecule has 0 bridgehead atoms. The number of carbonyl (C=O) groups is 1. The van der Waals surface area contributed by atoms with E-state index in [2.05, 4.69) is 10.4 Å². The molecule has 1 N–H and O–H groups in total. The molecule has 0 unspecified atom stereocenters. The highest BCUT2D eigenvalue weighted by Gasteiger charge is 2.09. The summed E-state index contributed by atoms with van der Waals surface area (Å²) in [6.07, 6.45) is 2.95. The van der Waals surface area contributed by atoms with Crippen LogP contribution in [0.15, 0.2) is 45.9 Å². The summed E-state index contributed by atoms with van der Waals surface area (Å²) in [5, 5.41) is 7.75. The van der Waals surface area contributed by atoms with E-state index < -0.39 is 5.63 Å². The van der Waals surface area contributed by atoms with Gasteiger partial charge in [-0.15, -0.1) is 0 Å². The molecule has 0 aliphatic rings. The number of aromatic nitrogens is 2. The lowest BCUT2D eigenvalue weighted by Gasteiger charge is -2.05. The van der Waals surface area contributed by atoms with Gasteiger partial charge in [0.1, 0.15) is 5.58 Å². The first-order valence-corrected chi connectivity index (χ1v) is 6.47. The summed E-state index contributed by atoms with van der Waals surface area (Å²) in [4.78, 5) is 23.0. The van der Waals surface area contributed by atoms with Crippen molar-refractivity contribution in [1.82, 2.24) is 9.78 Å². The molecular weight excluding hydrogens is 294 g/mol. The minimum atomic E-state index is -0.540. The van der Waals surface area contributed by atoms with Crippen LogP contribution in [0, 0.1) is 0 Å². The van der Waals surface area contributed by atoms with E-state index in [0.717, 1.165) is 0 Å². The first-order chi connectivity index (χ1) is 10.0. The van der Waals surface area contributed by atoms with Crippen molar-refractivity contribution >= 4 is 34.2 Å². The molecule has 0 saturated carbocycles. The van der Waals surface area contributed by atoms with Gasteiger partial charge in [0.15, 0.2) is 5.69 Å². The zero-order chi connectivity index (χ0) is 15.0. The predicted octanol–water partition coefficient (Wildman–Crippen LogP) is 2.59. The molecule has 1 amide bonds. The van der Waals surface area contributed by atoms with Gasteiger partial charge >= 0.3 is 5.63 Å². The van der Waals surface area contributed by atoms with Crippen LogP contribution in [0.4, 0.5) is 5.69 Å². The fourth-order valence-electron chi connectivity index (χ4n) is 1.97. The maximum atomic E-state index is 12.0. The summed E-state index contributed by atoms with van der Waals surface area (Å²) < 4.78 is 6.62. The zero-order valence-electron chi connectivity index (χ0n) is 11.0. The number of amides is 1. The molecule has 3 aromatic rings. The van der Waals surface area contributed by atoms with Crippen LogP contribution in [0.3, 0.4) is 0 Å². The quantitative estimate of drug-likeness (QED) is 0.738. The van der Waals surface area contributed by atoms with Crippen LogP contribution in [-0.4, -0.2) is 15.7 Å². The van der Waals surface area contributed by atoms with Crippen molar-refractivity contribution < 1.29 is 9.21 Å². The first-order valence-electron chi connectivity index (χ1n) is 6.09. The Labute approximate surface area is 123 Å². The number of hydrogen-bond donors (Lipinski definition) is 1. The summed E-state index contributed by atoms with van der Waals surface area (Å²) in [5.41, 5.74) is 0.671. The number of rotatable bonds is 2. The van der Waals surface area contributed by atoms with Gasteiger partial charge < -0.3 is 9.73 Å². The van der Waals surface area contributed by atoms with Gasteiger partial charge in [-0.25, -0.2) is 9.48 Å². The lowest BCUT2D eigenvalue weighted by atomic mass is 10.2. The van der Waals surface area contributed by atoms with Crippen LogP contribution in [-0.2, 0) is 4.79 Å². The van der Waals surface area contributed by atoms with Gasteiger partial charge in [-0.2, -0.15) is 5.10 Å². The molecule has 0 spiro atoms. The van der Waals surface area contributed by atoms with E-state index in [1.807, 2.05) is 0 Å². The highest BCUT2D eigenvalue weighted by molar-refractivity contribution is 6.30. The Hall–Kier alpha value is -2.60. The van der Waals surface area contributed by atoms with Crippen LogP contribution in [0.1, 0.15) is 6.92 Å². The van der Waals surface area contributed by atoms with Crippen molar-refractivity contribution in [3.63, 3.8) is 0 Å². The molecule has 3 rings (SSSR count). The first kappa shape index (κ1) is 13.4. The third-order valence-corrected chi connectivity index (χ3v) is 3.03. The molecular formula is C14H10ClN3O3. The van der Waals surface area contributed by atoms with Gasteiger partial charge in [0.25, 0.3) is 0 Å². The fourth-order valence-corrected chi connectivity index (χ4v) is 2.11. The molecule has 7 heteroatoms. The topological polar surface area (TPSA) is 77.1 Å². The van der Waals surface area contributed by atoms with Gasteiger partial charge in [-0.1, -0.05) is 11.6 Å². The van der Waals surface area contributed by atoms with Crippen molar-refractivity contribution in [2.45, 2.75) is 6.92 Å². The Kier molecular flexibility index (Phi) is 3.23. The molecule has 21 heavy (non-hydrogen) atoms. The molecule has 2 heterocycles. The molecule has 106 valence electrons. The minimum absolute atomic E-state index is 0.195. The Morgan fingerprint density at radius 1 is 1.38 bits per heavy atom. The fraction of sp³-hybridized carbons (Fsp3) is 0.0714. The van der Waals surface area contributed by atoms with Crippen molar-refractivity contribution in [2.75, 3.05) is 5.32 Å². The number of halogens is 1. The Morgan fingerprint density at radius 3 is 2.86 bits per heavy atom. The number of carbonyl (C=O) groups excluding carboxylic acids is 1. The minimum Gasteiger partial charge on any atom is -0.421 e. The van der Waals surface area contributed by atoms with Crippen LogP contribution in [0.5, 0.6) is 0 Å². The molecule has 6 nitrogen and oxygen atoms in total. The van der Waals surface area contributed by atoms with E-state index in [1.54, 1.807) is 24.3 Å². The highest BCUT2D eigenvalue weighted by atomic mass is 35.5. The van der Waals surface area contributed by atoms with Crippen LogP contribution in [0.2, 0.25) is 5.02 Å². The number of hydrogen-bond acceptors (Lipinski definition) is 4. The predicted molar refractivity (Wildman–Crippen MR) is 78.9 cm³/mol. The van der Waals surface area contributed by atoms with Crippen molar-refractivity contribution in [2.24, 2.45) is 0 Å². The number of benzene rings is 1. The Morgan fingerprint density at radius 2 is 2.19 bits per heavy atom. The lowest BCUT2D eigenvalue weighted by Crippen LogP contribution is -2.10. The summed E-state index contributed by atoms with van der Waals surface area (Å²) in [7, 11) is 0. The van der Waals surface area contributed by atoms with Gasteiger partial charge in [0.2, 0.25) is 5.91 Å². The molecule has 0 aliphatic heterocycles. The number of nitrogens with one attached hydrogen (secondary N) is 1. The van der Waals surface area contributed by atoms with Crippen molar-refractivity contribution in [3.8, 4) is 5.69 Å². The average molecular weight is 304 g/mol. The van der Waals surface area contributed by atoms with E-state index in [4.69, 9.17) is 16.0 Å². The normalized spacial score (nSPS) is 10.8. The molecule has 0 radical (unpaired) electrons. The number of anilines is 1. The molecule has 2 aromatic heterocycles. The summed E-state index contributed by atoms with van der Waals surface area (Å²) >= 11 is 5.79. The third kappa shape index (κ3) is 2.66. The van der Waals surface area contributed by atoms with Gasteiger partial charge in [-0.3, -0.25) is 4.79 Å². The average Bonchev–Trinajstić information content (AvgIpc) is 2.83. The molecule has 0 fully saturated rings. The van der Waals surface area contributed by atoms with Crippen LogP contribution < -0.4 is 10.9 Å². The zero-order valence-corrected chi connectivity index (χ0v) is 11.7. The van der Waals surface area contributed by atoms with Crippen LogP contribution in [0.25, 0.3) is 16.7 Å². The lowest BCUT2D eigenvalue weighted by molar-refractivity contribution is -0.114. The summed E-state index contributed by atoms with van der Waals surface area (Å²) in [6, 6.07) is 6.72. The van der Waals surface area contributed by atoms with Crippen molar-refractivity contribution in [3.05, 3.63) is 52.1 Å². The van der Waals surface area contributed by atoms with E-state index >= 15 is 0 Å². The van der Waals surface area contributed by atoms with Gasteiger partial charge in [-0.05, 0) is 18.2 Å². The molecule has 0 atom stereocenters. The van der Waals surface area contributed by atoms with E-state index in [1.165, 1.54) is 24.0 Å². The second kappa shape index (κ2) is 5.06. The third-order valence-electron chi connectivity index (χ3n) is 2.84. The second-order valence-electron chi connectivity index (χ2n) is 4.46. The Balaban J connectivity index is 2.12. The SMILES string of the molecule is CC(=O)Nc1ccc2cc(-n3cc(Cl)cn3)c(=O)oc2c1. The molecule has 0 saturated heterocycles. The highest BCUT2D eigenvalue weighted by Crippen LogP contribution is 2.20. The maximum Gasteiger partial charge on any atom is 0.362 e. The van der Waals surface area contributed by atoms with E-state index in [0.29, 0.717) is 21.7 Å². The summed E-state index contributed by atoms with van der Waals surface area (Å²) in [5.74, 6) is -0.195. The van der Waals surface area contributed by atoms with Crippen LogP contribution >= 0.6 is 11.6 Å².